The first-order chi connectivity index (χ1) is 7.40. The molecule has 1 aromatic heterocycles. The van der Waals surface area contributed by atoms with Gasteiger partial charge in [0, 0.05) is 6.54 Å². The lowest BCUT2D eigenvalue weighted by molar-refractivity contribution is 0.0697. The molecule has 0 aliphatic rings. The third-order valence-electron chi connectivity index (χ3n) is 1.63. The summed E-state index contributed by atoms with van der Waals surface area (Å²) in [6.07, 6.45) is 1.23. The van der Waals surface area contributed by atoms with Crippen LogP contribution in [0.1, 0.15) is 10.4 Å². The molecular weight excluding hydrogens is 236 g/mol. The van der Waals surface area contributed by atoms with Crippen molar-refractivity contribution in [2.75, 3.05) is 17.6 Å². The van der Waals surface area contributed by atoms with Crippen molar-refractivity contribution >= 4 is 21.8 Å². The van der Waals surface area contributed by atoms with Gasteiger partial charge in [0.15, 0.2) is 5.82 Å². The minimum Gasteiger partial charge on any atom is -0.478 e. The molecule has 0 aliphatic heterocycles. The maximum atomic E-state index is 10.7. The lowest BCUT2D eigenvalue weighted by atomic mass is 10.3. The molecule has 0 bridgehead atoms. The topological polar surface area (TPSA) is 135 Å². The molecule has 0 aliphatic carbocycles. The highest BCUT2D eigenvalue weighted by atomic mass is 32.2. The fourth-order valence-electron chi connectivity index (χ4n) is 0.947. The van der Waals surface area contributed by atoms with Crippen molar-refractivity contribution in [3.63, 3.8) is 0 Å². The molecule has 1 heterocycles. The van der Waals surface area contributed by atoms with Crippen LogP contribution in [0.4, 0.5) is 5.82 Å². The average molecular weight is 246 g/mol. The Kier molecular flexibility index (Phi) is 3.74. The van der Waals surface area contributed by atoms with Crippen LogP contribution >= 0.6 is 0 Å². The molecule has 0 spiro atoms. The summed E-state index contributed by atoms with van der Waals surface area (Å²) in [6.45, 7) is -0.0300. The highest BCUT2D eigenvalue weighted by Gasteiger charge is 2.11. The third-order valence-corrected chi connectivity index (χ3v) is 2.40. The summed E-state index contributed by atoms with van der Waals surface area (Å²) in [5.74, 6) is -1.48. The monoisotopic (exact) mass is 246 g/mol. The smallest absolute Gasteiger partial charge is 0.339 e. The van der Waals surface area contributed by atoms with Gasteiger partial charge in [-0.25, -0.2) is 18.4 Å². The van der Waals surface area contributed by atoms with E-state index in [0.717, 1.165) is 0 Å². The van der Waals surface area contributed by atoms with Crippen molar-refractivity contribution in [3.05, 3.63) is 17.8 Å². The first kappa shape index (κ1) is 12.3. The van der Waals surface area contributed by atoms with Crippen LogP contribution in [0.3, 0.4) is 0 Å². The van der Waals surface area contributed by atoms with E-state index in [2.05, 4.69) is 15.5 Å². The zero-order valence-corrected chi connectivity index (χ0v) is 8.94. The first-order valence-electron chi connectivity index (χ1n) is 4.19. The lowest BCUT2D eigenvalue weighted by Gasteiger charge is -2.05. The lowest BCUT2D eigenvalue weighted by Crippen LogP contribution is -2.23. The number of carboxylic acids is 1. The molecule has 0 radical (unpaired) electrons. The fraction of sp³-hybridized carbons (Fsp3) is 0.286. The fourth-order valence-corrected chi connectivity index (χ4v) is 1.33. The summed E-state index contributed by atoms with van der Waals surface area (Å²) >= 11 is 0. The summed E-state index contributed by atoms with van der Waals surface area (Å²) in [6, 6.07) is 1.26. The van der Waals surface area contributed by atoms with E-state index in [1.165, 1.54) is 12.3 Å². The molecule has 0 atom stereocenters. The number of hydrogen-bond acceptors (Lipinski definition) is 6. The Morgan fingerprint density at radius 3 is 2.81 bits per heavy atom. The zero-order valence-electron chi connectivity index (χ0n) is 8.12. The predicted octanol–water partition coefficient (Wildman–Crippen LogP) is -1.12. The number of hydrogen-bond donors (Lipinski definition) is 3. The second-order valence-electron chi connectivity index (χ2n) is 2.89. The summed E-state index contributed by atoms with van der Waals surface area (Å²) in [5, 5.41) is 23.1. The van der Waals surface area contributed by atoms with Gasteiger partial charge in [-0.05, 0) is 6.07 Å². The molecule has 8 nitrogen and oxygen atoms in total. The number of anilines is 1. The van der Waals surface area contributed by atoms with Gasteiger partial charge in [0.25, 0.3) is 0 Å². The van der Waals surface area contributed by atoms with E-state index in [1.807, 2.05) is 0 Å². The van der Waals surface area contributed by atoms with Crippen molar-refractivity contribution in [2.45, 2.75) is 0 Å². The summed E-state index contributed by atoms with van der Waals surface area (Å²) in [5.41, 5.74) is -0.0792. The quantitative estimate of drug-likeness (QED) is 0.598. The number of carboxylic acid groups (broad SMARTS) is 1. The van der Waals surface area contributed by atoms with Crippen LogP contribution in [-0.2, 0) is 10.0 Å². The van der Waals surface area contributed by atoms with Crippen molar-refractivity contribution < 1.29 is 18.3 Å². The van der Waals surface area contributed by atoms with E-state index in [4.69, 9.17) is 10.2 Å². The van der Waals surface area contributed by atoms with E-state index in [-0.39, 0.29) is 23.7 Å². The van der Waals surface area contributed by atoms with Gasteiger partial charge in [0.05, 0.1) is 11.9 Å². The summed E-state index contributed by atoms with van der Waals surface area (Å²) < 4.78 is 21.3. The molecule has 1 aromatic rings. The van der Waals surface area contributed by atoms with E-state index >= 15 is 0 Å². The third kappa shape index (κ3) is 3.79. The molecule has 88 valence electrons. The van der Waals surface area contributed by atoms with Crippen molar-refractivity contribution in [1.82, 2.24) is 10.2 Å². The van der Waals surface area contributed by atoms with E-state index in [9.17, 15) is 13.2 Å². The number of nitrogens with one attached hydrogen (secondary N) is 1. The molecule has 16 heavy (non-hydrogen) atoms. The number of primary sulfonamides is 1. The Balaban J connectivity index is 2.71. The number of aromatic carboxylic acids is 1. The van der Waals surface area contributed by atoms with Crippen LogP contribution < -0.4 is 10.5 Å². The molecule has 4 N–H and O–H groups in total. The second kappa shape index (κ2) is 4.86. The van der Waals surface area contributed by atoms with Gasteiger partial charge < -0.3 is 10.4 Å². The Labute approximate surface area is 91.5 Å². The van der Waals surface area contributed by atoms with Crippen molar-refractivity contribution in [1.29, 1.82) is 0 Å². The van der Waals surface area contributed by atoms with Crippen LogP contribution in [0.25, 0.3) is 0 Å². The van der Waals surface area contributed by atoms with Gasteiger partial charge in [0.2, 0.25) is 10.0 Å². The van der Waals surface area contributed by atoms with Gasteiger partial charge in [-0.15, -0.1) is 5.10 Å². The van der Waals surface area contributed by atoms with Crippen LogP contribution in [0.5, 0.6) is 0 Å². The van der Waals surface area contributed by atoms with E-state index < -0.39 is 16.0 Å². The highest BCUT2D eigenvalue weighted by Crippen LogP contribution is 2.09. The molecule has 0 saturated carbocycles. The van der Waals surface area contributed by atoms with Crippen LogP contribution in [0.2, 0.25) is 0 Å². The summed E-state index contributed by atoms with van der Waals surface area (Å²) in [7, 11) is -3.59. The number of rotatable bonds is 5. The molecule has 9 heteroatoms. The molecule has 0 fully saturated rings. The number of aromatic nitrogens is 2. The first-order valence-corrected chi connectivity index (χ1v) is 5.91. The van der Waals surface area contributed by atoms with E-state index in [1.54, 1.807) is 0 Å². The predicted molar refractivity (Wildman–Crippen MR) is 55.5 cm³/mol. The molecule has 0 unspecified atom stereocenters. The van der Waals surface area contributed by atoms with Crippen LogP contribution in [0, 0.1) is 0 Å². The molecule has 1 rings (SSSR count). The van der Waals surface area contributed by atoms with Gasteiger partial charge in [0.1, 0.15) is 5.56 Å². The normalized spacial score (nSPS) is 11.1. The number of sulfonamides is 1. The second-order valence-corrected chi connectivity index (χ2v) is 4.63. The molecule has 0 amide bonds. The zero-order chi connectivity index (χ0) is 12.2. The largest absolute Gasteiger partial charge is 0.478 e. The molecule has 0 saturated heterocycles. The minimum absolute atomic E-state index is 0.0126. The van der Waals surface area contributed by atoms with Gasteiger partial charge in [-0.3, -0.25) is 0 Å². The maximum absolute atomic E-state index is 10.7. The van der Waals surface area contributed by atoms with Gasteiger partial charge in [-0.2, -0.15) is 5.10 Å². The van der Waals surface area contributed by atoms with E-state index in [0.29, 0.717) is 0 Å². The van der Waals surface area contributed by atoms with Crippen LogP contribution in [-0.4, -0.2) is 42.0 Å². The molecule has 0 aromatic carbocycles. The SMILES string of the molecule is NS(=O)(=O)CCNc1nnccc1C(=O)O. The summed E-state index contributed by atoms with van der Waals surface area (Å²) in [4.78, 5) is 10.7. The standard InChI is InChI=1S/C7H10N4O4S/c8-16(14,15)4-3-9-6-5(7(12)13)1-2-10-11-6/h1-2H,3-4H2,(H,9,11)(H,12,13)(H2,8,14,15). The Morgan fingerprint density at radius 1 is 1.56 bits per heavy atom. The Bertz CT molecular complexity index is 487. The number of nitrogens with two attached hydrogens (primary N) is 1. The van der Waals surface area contributed by atoms with Gasteiger partial charge >= 0.3 is 5.97 Å². The number of nitrogens with zero attached hydrogens (tertiary/aromatic N) is 2. The highest BCUT2D eigenvalue weighted by molar-refractivity contribution is 7.89. The Hall–Kier alpha value is -1.74. The van der Waals surface area contributed by atoms with Crippen molar-refractivity contribution in [2.24, 2.45) is 5.14 Å². The average Bonchev–Trinajstić information content (AvgIpc) is 2.16. The maximum Gasteiger partial charge on any atom is 0.339 e. The van der Waals surface area contributed by atoms with Crippen molar-refractivity contribution in [3.8, 4) is 0 Å². The number of carbonyl (C=O) groups is 1. The minimum atomic E-state index is -3.59. The molecular formula is C7H10N4O4S. The van der Waals surface area contributed by atoms with Crippen LogP contribution in [0.15, 0.2) is 12.3 Å². The Morgan fingerprint density at radius 2 is 2.25 bits per heavy atom. The van der Waals surface area contributed by atoms with Gasteiger partial charge in [-0.1, -0.05) is 0 Å².